The van der Waals surface area contributed by atoms with E-state index in [4.69, 9.17) is 10.8 Å². The molecule has 0 bridgehead atoms. The Kier molecular flexibility index (Phi) is 5.43. The first kappa shape index (κ1) is 17.5. The fourth-order valence-corrected chi connectivity index (χ4v) is 3.49. The zero-order chi connectivity index (χ0) is 17.8. The molecule has 1 aromatic carbocycles. The maximum atomic E-state index is 10.9. The number of aromatic nitrogens is 2. The number of aliphatic carboxylic acids is 1. The second-order valence-electron chi connectivity index (χ2n) is 7.08. The number of carbonyl (C=O) groups is 1. The first-order chi connectivity index (χ1) is 12.0. The summed E-state index contributed by atoms with van der Waals surface area (Å²) in [5.41, 5.74) is 11.1. The Morgan fingerprint density at radius 2 is 2.04 bits per heavy atom. The van der Waals surface area contributed by atoms with Crippen LogP contribution in [0.2, 0.25) is 0 Å². The number of benzene rings is 1. The Labute approximate surface area is 148 Å². The number of rotatable bonds is 4. The van der Waals surface area contributed by atoms with Gasteiger partial charge in [-0.1, -0.05) is 37.6 Å². The lowest BCUT2D eigenvalue weighted by molar-refractivity contribution is -0.138. The zero-order valence-corrected chi connectivity index (χ0v) is 14.6. The minimum absolute atomic E-state index is 0.325. The molecular formula is C20H25N3O2. The van der Waals surface area contributed by atoms with Crippen LogP contribution in [-0.4, -0.2) is 27.3 Å². The van der Waals surface area contributed by atoms with Crippen molar-refractivity contribution in [1.29, 1.82) is 0 Å². The summed E-state index contributed by atoms with van der Waals surface area (Å²) in [7, 11) is 0. The zero-order valence-electron chi connectivity index (χ0n) is 14.6. The summed E-state index contributed by atoms with van der Waals surface area (Å²) in [5, 5.41) is 17.6. The SMILES string of the molecule is CC1CCCc2c(cnnc2-c2ccc(CC(N)C(=O)O)cc2)CC1. The van der Waals surface area contributed by atoms with E-state index < -0.39 is 12.0 Å². The lowest BCUT2D eigenvalue weighted by Crippen LogP contribution is -2.32. The monoisotopic (exact) mass is 339 g/mol. The van der Waals surface area contributed by atoms with Gasteiger partial charge in [0.1, 0.15) is 6.04 Å². The van der Waals surface area contributed by atoms with Crippen LogP contribution in [0, 0.1) is 5.92 Å². The molecule has 0 aliphatic heterocycles. The lowest BCUT2D eigenvalue weighted by Gasteiger charge is -2.19. The van der Waals surface area contributed by atoms with Crippen molar-refractivity contribution in [3.8, 4) is 11.3 Å². The van der Waals surface area contributed by atoms with Crippen molar-refractivity contribution in [2.45, 2.75) is 51.5 Å². The molecule has 2 atom stereocenters. The summed E-state index contributed by atoms with van der Waals surface area (Å²) in [6.45, 7) is 2.32. The average Bonchev–Trinajstić information content (AvgIpc) is 2.59. The highest BCUT2D eigenvalue weighted by molar-refractivity contribution is 5.73. The molecule has 3 N–H and O–H groups in total. The first-order valence-corrected chi connectivity index (χ1v) is 8.95. The van der Waals surface area contributed by atoms with Crippen LogP contribution in [0.5, 0.6) is 0 Å². The highest BCUT2D eigenvalue weighted by Crippen LogP contribution is 2.29. The number of fused-ring (bicyclic) bond motifs is 1. The van der Waals surface area contributed by atoms with Crippen LogP contribution in [-0.2, 0) is 24.1 Å². The molecule has 1 heterocycles. The molecular weight excluding hydrogens is 314 g/mol. The van der Waals surface area contributed by atoms with Gasteiger partial charge in [0, 0.05) is 5.56 Å². The molecule has 2 aromatic rings. The van der Waals surface area contributed by atoms with E-state index in [1.807, 2.05) is 30.5 Å². The van der Waals surface area contributed by atoms with Crippen molar-refractivity contribution in [2.24, 2.45) is 11.7 Å². The summed E-state index contributed by atoms with van der Waals surface area (Å²) < 4.78 is 0. The van der Waals surface area contributed by atoms with Crippen LogP contribution < -0.4 is 5.73 Å². The number of aryl methyl sites for hydroxylation is 1. The molecule has 5 nitrogen and oxygen atoms in total. The van der Waals surface area contributed by atoms with E-state index in [1.54, 1.807) is 0 Å². The Bertz CT molecular complexity index is 743. The molecule has 1 aromatic heterocycles. The molecule has 5 heteroatoms. The second-order valence-corrected chi connectivity index (χ2v) is 7.08. The highest BCUT2D eigenvalue weighted by Gasteiger charge is 2.17. The molecule has 0 amide bonds. The van der Waals surface area contributed by atoms with Gasteiger partial charge in [-0.05, 0) is 54.7 Å². The van der Waals surface area contributed by atoms with Gasteiger partial charge >= 0.3 is 5.97 Å². The van der Waals surface area contributed by atoms with E-state index in [-0.39, 0.29) is 0 Å². The Morgan fingerprint density at radius 1 is 1.28 bits per heavy atom. The van der Waals surface area contributed by atoms with Gasteiger partial charge in [-0.25, -0.2) is 0 Å². The Balaban J connectivity index is 1.86. The summed E-state index contributed by atoms with van der Waals surface area (Å²) in [6, 6.07) is 6.99. The Hall–Kier alpha value is -2.27. The van der Waals surface area contributed by atoms with Crippen molar-refractivity contribution >= 4 is 5.97 Å². The van der Waals surface area contributed by atoms with Gasteiger partial charge in [0.25, 0.3) is 0 Å². The topological polar surface area (TPSA) is 89.1 Å². The van der Waals surface area contributed by atoms with Crippen molar-refractivity contribution in [3.05, 3.63) is 47.2 Å². The molecule has 25 heavy (non-hydrogen) atoms. The number of carboxylic acid groups (broad SMARTS) is 1. The molecule has 0 saturated carbocycles. The van der Waals surface area contributed by atoms with Gasteiger partial charge in [0.15, 0.2) is 0 Å². The van der Waals surface area contributed by atoms with Crippen LogP contribution >= 0.6 is 0 Å². The predicted molar refractivity (Wildman–Crippen MR) is 97.2 cm³/mol. The van der Waals surface area contributed by atoms with Crippen molar-refractivity contribution in [3.63, 3.8) is 0 Å². The third-order valence-electron chi connectivity index (χ3n) is 5.08. The van der Waals surface area contributed by atoms with E-state index >= 15 is 0 Å². The van der Waals surface area contributed by atoms with E-state index in [0.29, 0.717) is 6.42 Å². The molecule has 132 valence electrons. The summed E-state index contributed by atoms with van der Waals surface area (Å²) >= 11 is 0. The molecule has 0 radical (unpaired) electrons. The summed E-state index contributed by atoms with van der Waals surface area (Å²) in [4.78, 5) is 10.9. The number of hydrogen-bond acceptors (Lipinski definition) is 4. The standard InChI is InChI=1S/C20H25N3O2/c1-13-3-2-4-17-16(8-5-13)12-22-23-19(17)15-9-6-14(7-10-15)11-18(21)20(24)25/h6-7,9-10,12-13,18H,2-5,8,11,21H2,1H3,(H,24,25). The molecule has 1 aliphatic carbocycles. The van der Waals surface area contributed by atoms with E-state index in [1.165, 1.54) is 30.4 Å². The molecule has 0 spiro atoms. The van der Waals surface area contributed by atoms with Crippen molar-refractivity contribution in [2.75, 3.05) is 0 Å². The third kappa shape index (κ3) is 4.23. The quantitative estimate of drug-likeness (QED) is 0.894. The van der Waals surface area contributed by atoms with E-state index in [9.17, 15) is 4.79 Å². The fourth-order valence-electron chi connectivity index (χ4n) is 3.49. The maximum Gasteiger partial charge on any atom is 0.320 e. The van der Waals surface area contributed by atoms with Crippen LogP contribution in [0.4, 0.5) is 0 Å². The van der Waals surface area contributed by atoms with Gasteiger partial charge in [-0.2, -0.15) is 10.2 Å². The average molecular weight is 339 g/mol. The largest absolute Gasteiger partial charge is 0.480 e. The smallest absolute Gasteiger partial charge is 0.320 e. The lowest BCUT2D eigenvalue weighted by atomic mass is 9.87. The molecule has 0 saturated heterocycles. The molecule has 3 rings (SSSR count). The van der Waals surface area contributed by atoms with Crippen molar-refractivity contribution in [1.82, 2.24) is 10.2 Å². The van der Waals surface area contributed by atoms with Crippen LogP contribution in [0.25, 0.3) is 11.3 Å². The molecule has 2 unspecified atom stereocenters. The van der Waals surface area contributed by atoms with Gasteiger partial charge < -0.3 is 10.8 Å². The van der Waals surface area contributed by atoms with Crippen LogP contribution in [0.1, 0.15) is 42.9 Å². The normalized spacial score (nSPS) is 18.7. The predicted octanol–water partition coefficient (Wildman–Crippen LogP) is 3.00. The maximum absolute atomic E-state index is 10.9. The molecule has 0 fully saturated rings. The number of carboxylic acids is 1. The first-order valence-electron chi connectivity index (χ1n) is 8.95. The number of hydrogen-bond donors (Lipinski definition) is 2. The van der Waals surface area contributed by atoms with Gasteiger partial charge in [0.2, 0.25) is 0 Å². The fraction of sp³-hybridized carbons (Fsp3) is 0.450. The highest BCUT2D eigenvalue weighted by atomic mass is 16.4. The molecule has 1 aliphatic rings. The second kappa shape index (κ2) is 7.74. The van der Waals surface area contributed by atoms with Gasteiger partial charge in [-0.15, -0.1) is 0 Å². The van der Waals surface area contributed by atoms with Crippen molar-refractivity contribution < 1.29 is 9.90 Å². The minimum atomic E-state index is -0.978. The van der Waals surface area contributed by atoms with E-state index in [0.717, 1.165) is 35.6 Å². The van der Waals surface area contributed by atoms with Crippen LogP contribution in [0.3, 0.4) is 0 Å². The summed E-state index contributed by atoms with van der Waals surface area (Å²) in [5.74, 6) is -0.212. The Morgan fingerprint density at radius 3 is 2.76 bits per heavy atom. The third-order valence-corrected chi connectivity index (χ3v) is 5.08. The summed E-state index contributed by atoms with van der Waals surface area (Å²) in [6.07, 6.45) is 7.97. The number of nitrogens with zero attached hydrogens (tertiary/aromatic N) is 2. The van der Waals surface area contributed by atoms with Gasteiger partial charge in [-0.3, -0.25) is 4.79 Å². The minimum Gasteiger partial charge on any atom is -0.480 e. The van der Waals surface area contributed by atoms with Gasteiger partial charge in [0.05, 0.1) is 11.9 Å². The number of nitrogens with two attached hydrogens (primary N) is 1. The van der Waals surface area contributed by atoms with Crippen LogP contribution in [0.15, 0.2) is 30.5 Å². The van der Waals surface area contributed by atoms with E-state index in [2.05, 4.69) is 17.1 Å².